The summed E-state index contributed by atoms with van der Waals surface area (Å²) in [6, 6.07) is 0. The van der Waals surface area contributed by atoms with Crippen molar-refractivity contribution in [1.82, 2.24) is 0 Å². The fourth-order valence-corrected chi connectivity index (χ4v) is 3.08. The molecule has 2 saturated carbocycles. The Bertz CT molecular complexity index is 184. The number of fused-ring (bicyclic) bond motifs is 1. The zero-order valence-corrected chi connectivity index (χ0v) is 7.20. The highest BCUT2D eigenvalue weighted by atomic mass is 14.9. The third-order valence-corrected chi connectivity index (χ3v) is 3.86. The molecule has 0 heterocycles. The number of hydrogen-bond donors (Lipinski definition) is 0. The molecule has 2 fully saturated rings. The molecule has 0 saturated heterocycles. The molecule has 0 aliphatic heterocycles. The Balaban J connectivity index is 2.22. The standard InChI is InChI=1S/C10H16/c1-4-8-9(5-2)7-10(8,9)6-3/h4H,5-7H2,1-3H3. The van der Waals surface area contributed by atoms with Gasteiger partial charge in [-0.2, -0.15) is 0 Å². The van der Waals surface area contributed by atoms with Gasteiger partial charge in [0, 0.05) is 10.8 Å². The van der Waals surface area contributed by atoms with Crippen LogP contribution < -0.4 is 0 Å². The van der Waals surface area contributed by atoms with Gasteiger partial charge in [-0.1, -0.05) is 25.5 Å². The summed E-state index contributed by atoms with van der Waals surface area (Å²) in [5.74, 6) is 0. The van der Waals surface area contributed by atoms with Gasteiger partial charge in [-0.25, -0.2) is 0 Å². The average molecular weight is 136 g/mol. The molecular weight excluding hydrogens is 120 g/mol. The second-order valence-corrected chi connectivity index (χ2v) is 3.75. The van der Waals surface area contributed by atoms with Crippen LogP contribution in [0.25, 0.3) is 0 Å². The van der Waals surface area contributed by atoms with Crippen molar-refractivity contribution in [2.45, 2.75) is 40.0 Å². The smallest absolute Gasteiger partial charge is 0.00177 e. The highest BCUT2D eigenvalue weighted by Crippen LogP contribution is 2.92. The largest absolute Gasteiger partial charge is 0.0873 e. The Morgan fingerprint density at radius 3 is 2.00 bits per heavy atom. The van der Waals surface area contributed by atoms with Crippen LogP contribution in [0, 0.1) is 10.8 Å². The summed E-state index contributed by atoms with van der Waals surface area (Å²) < 4.78 is 0. The first-order valence-corrected chi connectivity index (χ1v) is 4.44. The van der Waals surface area contributed by atoms with Gasteiger partial charge in [0.25, 0.3) is 0 Å². The maximum atomic E-state index is 2.34. The third kappa shape index (κ3) is 0.372. The van der Waals surface area contributed by atoms with E-state index in [1.165, 1.54) is 19.3 Å². The van der Waals surface area contributed by atoms with Crippen LogP contribution in [0.5, 0.6) is 0 Å². The molecule has 0 spiro atoms. The van der Waals surface area contributed by atoms with Gasteiger partial charge in [-0.3, -0.25) is 0 Å². The van der Waals surface area contributed by atoms with Gasteiger partial charge in [0.05, 0.1) is 0 Å². The SMILES string of the molecule is CC=C1C2(CC)CC12CC. The minimum Gasteiger partial charge on any atom is -0.0873 e. The molecule has 0 heteroatoms. The lowest BCUT2D eigenvalue weighted by Crippen LogP contribution is -1.86. The number of rotatable bonds is 2. The van der Waals surface area contributed by atoms with Gasteiger partial charge in [-0.15, -0.1) is 0 Å². The van der Waals surface area contributed by atoms with Crippen molar-refractivity contribution in [3.8, 4) is 0 Å². The fraction of sp³-hybridized carbons (Fsp3) is 0.800. The van der Waals surface area contributed by atoms with Gasteiger partial charge in [0.1, 0.15) is 0 Å². The molecule has 2 rings (SSSR count). The van der Waals surface area contributed by atoms with E-state index in [-0.39, 0.29) is 0 Å². The summed E-state index contributed by atoms with van der Waals surface area (Å²) in [6.45, 7) is 6.85. The third-order valence-electron chi connectivity index (χ3n) is 3.86. The molecule has 0 radical (unpaired) electrons. The molecule has 2 unspecified atom stereocenters. The lowest BCUT2D eigenvalue weighted by Gasteiger charge is -1.99. The van der Waals surface area contributed by atoms with E-state index in [2.05, 4.69) is 26.8 Å². The van der Waals surface area contributed by atoms with E-state index in [0.29, 0.717) is 0 Å². The van der Waals surface area contributed by atoms with E-state index >= 15 is 0 Å². The van der Waals surface area contributed by atoms with Crippen molar-refractivity contribution in [2.75, 3.05) is 0 Å². The molecule has 0 aromatic rings. The summed E-state index contributed by atoms with van der Waals surface area (Å²) in [5.41, 5.74) is 3.23. The van der Waals surface area contributed by atoms with E-state index < -0.39 is 0 Å². The fourth-order valence-electron chi connectivity index (χ4n) is 3.08. The second kappa shape index (κ2) is 1.49. The van der Waals surface area contributed by atoms with Crippen molar-refractivity contribution in [2.24, 2.45) is 10.8 Å². The quantitative estimate of drug-likeness (QED) is 0.511. The summed E-state index contributed by atoms with van der Waals surface area (Å²) >= 11 is 0. The molecule has 0 amide bonds. The normalized spacial score (nSPS) is 48.5. The summed E-state index contributed by atoms with van der Waals surface area (Å²) in [6.07, 6.45) is 6.59. The van der Waals surface area contributed by atoms with Gasteiger partial charge < -0.3 is 0 Å². The van der Waals surface area contributed by atoms with Crippen LogP contribution in [-0.4, -0.2) is 0 Å². The van der Waals surface area contributed by atoms with Crippen LogP contribution in [0.2, 0.25) is 0 Å². The minimum atomic E-state index is 0.733. The first-order valence-electron chi connectivity index (χ1n) is 4.44. The van der Waals surface area contributed by atoms with Crippen LogP contribution in [-0.2, 0) is 0 Å². The first kappa shape index (κ1) is 6.45. The molecule has 2 atom stereocenters. The van der Waals surface area contributed by atoms with Crippen molar-refractivity contribution >= 4 is 0 Å². The number of hydrogen-bond acceptors (Lipinski definition) is 0. The van der Waals surface area contributed by atoms with Crippen LogP contribution in [0.3, 0.4) is 0 Å². The molecule has 0 bridgehead atoms. The van der Waals surface area contributed by atoms with E-state index in [9.17, 15) is 0 Å². The molecule has 0 aromatic carbocycles. The maximum Gasteiger partial charge on any atom is 0.00177 e. The van der Waals surface area contributed by atoms with Gasteiger partial charge in [0.2, 0.25) is 0 Å². The monoisotopic (exact) mass is 136 g/mol. The summed E-state index contributed by atoms with van der Waals surface area (Å²) in [7, 11) is 0. The first-order chi connectivity index (χ1) is 4.77. The highest BCUT2D eigenvalue weighted by molar-refractivity contribution is 5.58. The van der Waals surface area contributed by atoms with Gasteiger partial charge >= 0.3 is 0 Å². The van der Waals surface area contributed by atoms with Crippen LogP contribution in [0.15, 0.2) is 11.6 Å². The van der Waals surface area contributed by atoms with E-state index in [4.69, 9.17) is 0 Å². The highest BCUT2D eigenvalue weighted by Gasteiger charge is 2.84. The lowest BCUT2D eigenvalue weighted by molar-refractivity contribution is 0.663. The Morgan fingerprint density at radius 2 is 1.80 bits per heavy atom. The molecular formula is C10H16. The van der Waals surface area contributed by atoms with Crippen LogP contribution in [0.4, 0.5) is 0 Å². The van der Waals surface area contributed by atoms with E-state index in [1.807, 2.05) is 0 Å². The Labute approximate surface area is 63.3 Å². The maximum absolute atomic E-state index is 2.34. The molecule has 2 aliphatic carbocycles. The zero-order chi connectivity index (χ0) is 7.41. The second-order valence-electron chi connectivity index (χ2n) is 3.75. The zero-order valence-electron chi connectivity index (χ0n) is 7.20. The molecule has 56 valence electrons. The van der Waals surface area contributed by atoms with Crippen molar-refractivity contribution in [3.63, 3.8) is 0 Å². The van der Waals surface area contributed by atoms with Crippen molar-refractivity contribution in [3.05, 3.63) is 11.6 Å². The van der Waals surface area contributed by atoms with Gasteiger partial charge in [-0.05, 0) is 26.2 Å². The molecule has 0 aromatic heterocycles. The minimum absolute atomic E-state index is 0.733. The van der Waals surface area contributed by atoms with Crippen LogP contribution in [0.1, 0.15) is 40.0 Å². The van der Waals surface area contributed by atoms with Crippen molar-refractivity contribution in [1.29, 1.82) is 0 Å². The Hall–Kier alpha value is -0.260. The van der Waals surface area contributed by atoms with E-state index in [0.717, 1.165) is 10.8 Å². The molecule has 0 nitrogen and oxygen atoms in total. The van der Waals surface area contributed by atoms with Gasteiger partial charge in [0.15, 0.2) is 0 Å². The predicted molar refractivity (Wildman–Crippen MR) is 43.8 cm³/mol. The predicted octanol–water partition coefficient (Wildman–Crippen LogP) is 3.14. The van der Waals surface area contributed by atoms with E-state index in [1.54, 1.807) is 5.57 Å². The Morgan fingerprint density at radius 1 is 1.30 bits per heavy atom. The molecule has 2 aliphatic rings. The number of allylic oxidation sites excluding steroid dienone is 2. The summed E-state index contributed by atoms with van der Waals surface area (Å²) in [4.78, 5) is 0. The van der Waals surface area contributed by atoms with Crippen LogP contribution >= 0.6 is 0 Å². The Kier molecular flexibility index (Phi) is 0.962. The lowest BCUT2D eigenvalue weighted by atomic mass is 10.1. The summed E-state index contributed by atoms with van der Waals surface area (Å²) in [5, 5.41) is 0. The average Bonchev–Trinajstić information content (AvgIpc) is 2.72. The topological polar surface area (TPSA) is 0 Å². The molecule has 10 heavy (non-hydrogen) atoms. The molecule has 0 N–H and O–H groups in total. The van der Waals surface area contributed by atoms with Crippen molar-refractivity contribution < 1.29 is 0 Å².